The maximum atomic E-state index is 12.7. The molecule has 0 heterocycles. The highest BCUT2D eigenvalue weighted by atomic mass is 16.6. The van der Waals surface area contributed by atoms with Crippen LogP contribution in [0, 0.1) is 0 Å². The highest BCUT2D eigenvalue weighted by molar-refractivity contribution is 5.72. The predicted molar refractivity (Wildman–Crippen MR) is 229 cm³/mol. The van der Waals surface area contributed by atoms with E-state index in [1.165, 1.54) is 141 Å². The number of nitrogens with zero attached hydrogens (tertiary/aromatic N) is 1. The van der Waals surface area contributed by atoms with Gasteiger partial charge in [0, 0.05) is 19.3 Å². The molecular weight excluding hydrogens is 691 g/mol. The highest BCUT2D eigenvalue weighted by Crippen LogP contribution is 2.16. The number of hydrogen-bond donors (Lipinski definition) is 1. The van der Waals surface area contributed by atoms with Crippen molar-refractivity contribution in [1.29, 1.82) is 0 Å². The summed E-state index contributed by atoms with van der Waals surface area (Å²) in [6.45, 7) is 4.72. The third-order valence-electron chi connectivity index (χ3n) is 10.7. The van der Waals surface area contributed by atoms with Crippen LogP contribution in [0.2, 0.25) is 0 Å². The molecule has 0 aliphatic carbocycles. The largest absolute Gasteiger partial charge is 0.477 e. The van der Waals surface area contributed by atoms with E-state index in [0.29, 0.717) is 19.3 Å². The summed E-state index contributed by atoms with van der Waals surface area (Å²) >= 11 is 0. The second-order valence-electron chi connectivity index (χ2n) is 17.0. The first kappa shape index (κ1) is 53.1. The third-order valence-corrected chi connectivity index (χ3v) is 10.7. The van der Waals surface area contributed by atoms with E-state index in [4.69, 9.17) is 14.2 Å². The van der Waals surface area contributed by atoms with Crippen molar-refractivity contribution in [3.8, 4) is 0 Å². The molecule has 0 radical (unpaired) electrons. The van der Waals surface area contributed by atoms with E-state index in [2.05, 4.69) is 26.0 Å². The molecule has 55 heavy (non-hydrogen) atoms. The van der Waals surface area contributed by atoms with Gasteiger partial charge >= 0.3 is 17.9 Å². The van der Waals surface area contributed by atoms with Crippen molar-refractivity contribution >= 4 is 17.9 Å². The van der Waals surface area contributed by atoms with E-state index in [-0.39, 0.29) is 36.2 Å². The topological polar surface area (TPSA) is 99.1 Å². The molecule has 1 N–H and O–H groups in total. The molecule has 0 aromatic carbocycles. The lowest BCUT2D eigenvalue weighted by Crippen LogP contribution is -2.50. The summed E-state index contributed by atoms with van der Waals surface area (Å²) in [5.41, 5.74) is 0. The van der Waals surface area contributed by atoms with E-state index in [1.54, 1.807) is 0 Å². The molecule has 2 unspecified atom stereocenters. The van der Waals surface area contributed by atoms with Crippen molar-refractivity contribution in [1.82, 2.24) is 0 Å². The van der Waals surface area contributed by atoms with Gasteiger partial charge in [-0.2, -0.15) is 0 Å². The van der Waals surface area contributed by atoms with Gasteiger partial charge < -0.3 is 23.8 Å². The number of hydrogen-bond acceptors (Lipinski definition) is 6. The zero-order valence-corrected chi connectivity index (χ0v) is 36.9. The molecule has 0 saturated heterocycles. The molecular formula is C47H90NO7+. The Bertz CT molecular complexity index is 915. The van der Waals surface area contributed by atoms with Crippen molar-refractivity contribution in [3.63, 3.8) is 0 Å². The van der Waals surface area contributed by atoms with Crippen LogP contribution >= 0.6 is 0 Å². The van der Waals surface area contributed by atoms with Crippen LogP contribution in [0.15, 0.2) is 12.2 Å². The van der Waals surface area contributed by atoms with E-state index >= 15 is 0 Å². The summed E-state index contributed by atoms with van der Waals surface area (Å²) in [5.74, 6) is -1.46. The molecule has 0 aromatic heterocycles. The quantitative estimate of drug-likeness (QED) is 0.0285. The van der Waals surface area contributed by atoms with Gasteiger partial charge in [-0.05, 0) is 32.1 Å². The lowest BCUT2D eigenvalue weighted by molar-refractivity contribution is -0.887. The summed E-state index contributed by atoms with van der Waals surface area (Å²) in [4.78, 5) is 36.9. The first-order chi connectivity index (χ1) is 26.6. The average Bonchev–Trinajstić information content (AvgIpc) is 3.14. The zero-order valence-electron chi connectivity index (χ0n) is 36.9. The Morgan fingerprint density at radius 3 is 1.36 bits per heavy atom. The first-order valence-electron chi connectivity index (χ1n) is 23.2. The van der Waals surface area contributed by atoms with E-state index in [0.717, 1.165) is 44.9 Å². The number of ether oxygens (including phenoxy) is 3. The summed E-state index contributed by atoms with van der Waals surface area (Å²) in [7, 11) is 5.53. The van der Waals surface area contributed by atoms with Crippen molar-refractivity contribution in [2.45, 2.75) is 231 Å². The SMILES string of the molecule is CCCC/C=C/CCCCCCCC(=O)OCC(COCCC(C(=O)O)[N+](C)(C)C)OC(=O)CCCCCCCCCCCCCCCCCCCCCC. The number of esters is 2. The molecule has 0 rings (SSSR count). The number of allylic oxidation sites excluding steroid dienone is 2. The van der Waals surface area contributed by atoms with Gasteiger partial charge in [0.1, 0.15) is 6.61 Å². The molecule has 0 aromatic rings. The normalized spacial score (nSPS) is 13.0. The number of likely N-dealkylation sites (N-methyl/N-ethyl adjacent to an activating group) is 1. The smallest absolute Gasteiger partial charge is 0.362 e. The number of aliphatic carboxylic acids is 1. The van der Waals surface area contributed by atoms with Crippen LogP contribution in [0.5, 0.6) is 0 Å². The van der Waals surface area contributed by atoms with Crippen LogP contribution in [-0.2, 0) is 28.6 Å². The Morgan fingerprint density at radius 1 is 0.527 bits per heavy atom. The van der Waals surface area contributed by atoms with Crippen LogP contribution in [0.4, 0.5) is 0 Å². The molecule has 2 atom stereocenters. The lowest BCUT2D eigenvalue weighted by Gasteiger charge is -2.31. The van der Waals surface area contributed by atoms with Crippen molar-refractivity contribution in [3.05, 3.63) is 12.2 Å². The van der Waals surface area contributed by atoms with Crippen LogP contribution < -0.4 is 0 Å². The molecule has 0 amide bonds. The van der Waals surface area contributed by atoms with E-state index < -0.39 is 18.1 Å². The molecule has 324 valence electrons. The molecule has 0 aliphatic heterocycles. The van der Waals surface area contributed by atoms with Gasteiger partial charge in [-0.3, -0.25) is 9.59 Å². The van der Waals surface area contributed by atoms with E-state index in [9.17, 15) is 19.5 Å². The number of carboxylic acid groups (broad SMARTS) is 1. The number of quaternary nitrogens is 1. The van der Waals surface area contributed by atoms with Gasteiger partial charge in [-0.25, -0.2) is 4.79 Å². The molecule has 0 bridgehead atoms. The van der Waals surface area contributed by atoms with Crippen LogP contribution in [0.3, 0.4) is 0 Å². The molecule has 0 fully saturated rings. The van der Waals surface area contributed by atoms with Gasteiger partial charge in [-0.15, -0.1) is 0 Å². The fraction of sp³-hybridized carbons (Fsp3) is 0.894. The monoisotopic (exact) mass is 781 g/mol. The van der Waals surface area contributed by atoms with Gasteiger partial charge in [0.25, 0.3) is 0 Å². The van der Waals surface area contributed by atoms with Gasteiger partial charge in [0.05, 0.1) is 34.4 Å². The highest BCUT2D eigenvalue weighted by Gasteiger charge is 2.31. The lowest BCUT2D eigenvalue weighted by atomic mass is 10.0. The van der Waals surface area contributed by atoms with Gasteiger partial charge in [0.15, 0.2) is 12.1 Å². The average molecular weight is 781 g/mol. The zero-order chi connectivity index (χ0) is 40.7. The number of rotatable bonds is 42. The van der Waals surface area contributed by atoms with Crippen molar-refractivity contribution in [2.75, 3.05) is 41.0 Å². The predicted octanol–water partition coefficient (Wildman–Crippen LogP) is 12.7. The maximum absolute atomic E-state index is 12.7. The molecule has 0 spiro atoms. The summed E-state index contributed by atoms with van der Waals surface area (Å²) in [6, 6.07) is -0.611. The Kier molecular flexibility index (Phi) is 37.6. The summed E-state index contributed by atoms with van der Waals surface area (Å²) in [5, 5.41) is 9.62. The fourth-order valence-corrected chi connectivity index (χ4v) is 7.01. The number of carbonyl (C=O) groups excluding carboxylic acids is 2. The molecule has 0 saturated carbocycles. The Hall–Kier alpha value is -1.93. The Morgan fingerprint density at radius 2 is 0.927 bits per heavy atom. The van der Waals surface area contributed by atoms with Crippen molar-refractivity contribution in [2.24, 2.45) is 0 Å². The minimum Gasteiger partial charge on any atom is -0.477 e. The molecule has 8 nitrogen and oxygen atoms in total. The van der Waals surface area contributed by atoms with E-state index in [1.807, 2.05) is 21.1 Å². The second kappa shape index (κ2) is 38.9. The molecule has 0 aliphatic rings. The Balaban J connectivity index is 4.22. The van der Waals surface area contributed by atoms with Crippen LogP contribution in [0.1, 0.15) is 219 Å². The fourth-order valence-electron chi connectivity index (χ4n) is 7.01. The maximum Gasteiger partial charge on any atom is 0.362 e. The first-order valence-corrected chi connectivity index (χ1v) is 23.2. The minimum atomic E-state index is -0.873. The summed E-state index contributed by atoms with van der Waals surface area (Å²) in [6.07, 6.45) is 41.1. The Labute approximate surface area is 339 Å². The number of carbonyl (C=O) groups is 3. The number of unbranched alkanes of at least 4 members (excludes halogenated alkanes) is 26. The van der Waals surface area contributed by atoms with Crippen LogP contribution in [0.25, 0.3) is 0 Å². The standard InChI is InChI=1S/C47H89NO7/c1-6-8-10-12-14-16-18-19-20-21-22-23-24-25-26-28-30-32-34-36-38-46(50)55-43(41-53-40-39-44(47(51)52)48(3,4)5)42-54-45(49)37-35-33-31-29-27-17-15-13-11-9-7-2/h13,15,43-44H,6-12,14,16-42H2,1-5H3/p+1/b15-13+. The van der Waals surface area contributed by atoms with Gasteiger partial charge in [-0.1, -0.05) is 180 Å². The van der Waals surface area contributed by atoms with Crippen molar-refractivity contribution < 1.29 is 38.2 Å². The second-order valence-corrected chi connectivity index (χ2v) is 17.0. The molecule has 8 heteroatoms. The van der Waals surface area contributed by atoms with Crippen LogP contribution in [-0.4, -0.2) is 80.6 Å². The van der Waals surface area contributed by atoms with Gasteiger partial charge in [0.2, 0.25) is 0 Å². The minimum absolute atomic E-state index is 0.0497. The third kappa shape index (κ3) is 37.4. The number of carboxylic acids is 1. The summed E-state index contributed by atoms with van der Waals surface area (Å²) < 4.78 is 17.3.